The van der Waals surface area contributed by atoms with Crippen molar-refractivity contribution in [1.82, 2.24) is 24.9 Å². The van der Waals surface area contributed by atoms with Gasteiger partial charge in [-0.1, -0.05) is 0 Å². The van der Waals surface area contributed by atoms with Crippen LogP contribution in [0.15, 0.2) is 24.3 Å². The molecule has 200 valence electrons. The summed E-state index contributed by atoms with van der Waals surface area (Å²) < 4.78 is 6.34. The molecule has 2 aliphatic rings. The molecule has 0 bridgehead atoms. The van der Waals surface area contributed by atoms with Gasteiger partial charge in [-0.3, -0.25) is 4.79 Å². The van der Waals surface area contributed by atoms with Gasteiger partial charge < -0.3 is 36.0 Å². The van der Waals surface area contributed by atoms with Crippen molar-refractivity contribution in [3.05, 3.63) is 41.1 Å². The van der Waals surface area contributed by atoms with Crippen molar-refractivity contribution in [2.75, 3.05) is 44.9 Å². The number of ether oxygens (including phenoxy) is 1. The van der Waals surface area contributed by atoms with Crippen LogP contribution < -0.4 is 16.4 Å². The van der Waals surface area contributed by atoms with E-state index in [9.17, 15) is 19.5 Å². The van der Waals surface area contributed by atoms with E-state index in [0.717, 1.165) is 17.5 Å². The number of urea groups is 1. The Labute approximate surface area is 215 Å². The molecule has 3 amide bonds. The van der Waals surface area contributed by atoms with Gasteiger partial charge in [-0.2, -0.15) is 4.68 Å². The maximum Gasteiger partial charge on any atom is 0.432 e. The van der Waals surface area contributed by atoms with Gasteiger partial charge in [-0.05, 0) is 71.0 Å². The third kappa shape index (κ3) is 5.39. The minimum absolute atomic E-state index is 0.0911. The highest BCUT2D eigenvalue weighted by Crippen LogP contribution is 2.42. The van der Waals surface area contributed by atoms with E-state index >= 15 is 0 Å². The van der Waals surface area contributed by atoms with E-state index in [1.807, 2.05) is 19.0 Å². The van der Waals surface area contributed by atoms with Gasteiger partial charge in [0.15, 0.2) is 5.82 Å². The number of nitrogens with one attached hydrogen (secondary N) is 2. The van der Waals surface area contributed by atoms with Crippen LogP contribution in [0, 0.1) is 5.92 Å². The van der Waals surface area contributed by atoms with Crippen LogP contribution >= 0.6 is 0 Å². The summed E-state index contributed by atoms with van der Waals surface area (Å²) in [5, 5.41) is 19.9. The maximum atomic E-state index is 13.6. The number of nitrogen functional groups attached to an aromatic ring is 1. The number of likely N-dealkylation sites (N-methyl/N-ethyl adjacent to an activating group) is 1. The third-order valence-corrected chi connectivity index (χ3v) is 7.09. The quantitative estimate of drug-likeness (QED) is 0.429. The van der Waals surface area contributed by atoms with Crippen molar-refractivity contribution >= 4 is 29.5 Å². The van der Waals surface area contributed by atoms with Crippen LogP contribution in [0.1, 0.15) is 48.3 Å². The predicted octanol–water partition coefficient (Wildman–Crippen LogP) is 2.36. The zero-order valence-corrected chi connectivity index (χ0v) is 21.7. The van der Waals surface area contributed by atoms with E-state index in [1.54, 1.807) is 43.0 Å². The standard InChI is InChI=1S/C25H35N7O5/c1-25(2)20-18(13-31(25)23(34)27-19(14-30(3)4)15-9-11-37-12-10-15)21(29-32(20)24(35)36)28-22(33)16-5-7-17(26)8-6-16/h5-8,15,19H,9-14,26H2,1-4H3,(H,27,34)(H,35,36)(H,28,29,33)/t19-/m1/s1. The molecule has 2 aromatic rings. The number of amides is 3. The first-order valence-corrected chi connectivity index (χ1v) is 12.3. The van der Waals surface area contributed by atoms with Gasteiger partial charge in [0, 0.05) is 42.6 Å². The number of nitrogens with zero attached hydrogens (tertiary/aromatic N) is 4. The van der Waals surface area contributed by atoms with Gasteiger partial charge >= 0.3 is 12.1 Å². The molecule has 1 fully saturated rings. The second-order valence-corrected chi connectivity index (χ2v) is 10.4. The van der Waals surface area contributed by atoms with Crippen LogP contribution in [0.4, 0.5) is 21.1 Å². The van der Waals surface area contributed by atoms with Crippen LogP contribution in [0.5, 0.6) is 0 Å². The second-order valence-electron chi connectivity index (χ2n) is 10.4. The molecule has 1 saturated heterocycles. The number of fused-ring (bicyclic) bond motifs is 1. The van der Waals surface area contributed by atoms with E-state index in [-0.39, 0.29) is 30.4 Å². The Hall–Kier alpha value is -3.64. The third-order valence-electron chi connectivity index (χ3n) is 7.09. The van der Waals surface area contributed by atoms with Crippen molar-refractivity contribution < 1.29 is 24.2 Å². The molecule has 2 aliphatic heterocycles. The predicted molar refractivity (Wildman–Crippen MR) is 137 cm³/mol. The molecule has 4 rings (SSSR count). The molecule has 0 spiro atoms. The number of rotatable bonds is 6. The van der Waals surface area contributed by atoms with E-state index in [2.05, 4.69) is 15.7 Å². The Balaban J connectivity index is 1.59. The molecule has 5 N–H and O–H groups in total. The van der Waals surface area contributed by atoms with Gasteiger partial charge in [-0.15, -0.1) is 5.10 Å². The Bertz CT molecular complexity index is 1170. The van der Waals surface area contributed by atoms with E-state index < -0.39 is 17.5 Å². The zero-order chi connectivity index (χ0) is 26.9. The molecule has 0 radical (unpaired) electrons. The van der Waals surface area contributed by atoms with Crippen LogP contribution in [-0.4, -0.2) is 82.6 Å². The molecule has 0 aliphatic carbocycles. The minimum atomic E-state index is -1.30. The lowest BCUT2D eigenvalue weighted by molar-refractivity contribution is 0.0489. The SMILES string of the molecule is CN(C)C[C@@H](NC(=O)N1Cc2c(NC(=O)c3ccc(N)cc3)nn(C(=O)O)c2C1(C)C)C1CCOCC1. The molecule has 12 nitrogen and oxygen atoms in total. The average Bonchev–Trinajstić information content (AvgIpc) is 3.34. The van der Waals surface area contributed by atoms with Crippen LogP contribution in [0.2, 0.25) is 0 Å². The molecule has 1 atom stereocenters. The summed E-state index contributed by atoms with van der Waals surface area (Å²) >= 11 is 0. The zero-order valence-electron chi connectivity index (χ0n) is 21.7. The Morgan fingerprint density at radius 3 is 2.46 bits per heavy atom. The summed E-state index contributed by atoms with van der Waals surface area (Å²) in [4.78, 5) is 42.2. The number of hydrogen-bond acceptors (Lipinski definition) is 7. The largest absolute Gasteiger partial charge is 0.463 e. The van der Waals surface area contributed by atoms with Crippen LogP contribution in [0.3, 0.4) is 0 Å². The average molecular weight is 514 g/mol. The fraction of sp³-hybridized carbons (Fsp3) is 0.520. The van der Waals surface area contributed by atoms with E-state index in [4.69, 9.17) is 10.5 Å². The highest BCUT2D eigenvalue weighted by atomic mass is 16.5. The first-order chi connectivity index (χ1) is 17.5. The van der Waals surface area contributed by atoms with Crippen molar-refractivity contribution in [1.29, 1.82) is 0 Å². The summed E-state index contributed by atoms with van der Waals surface area (Å²) in [5.41, 5.74) is 6.41. The highest BCUT2D eigenvalue weighted by molar-refractivity contribution is 6.04. The Morgan fingerprint density at radius 2 is 1.86 bits per heavy atom. The summed E-state index contributed by atoms with van der Waals surface area (Å²) in [6.07, 6.45) is 0.419. The fourth-order valence-corrected chi connectivity index (χ4v) is 5.15. The summed E-state index contributed by atoms with van der Waals surface area (Å²) in [6.45, 7) is 5.65. The maximum absolute atomic E-state index is 13.6. The minimum Gasteiger partial charge on any atom is -0.463 e. The van der Waals surface area contributed by atoms with Gasteiger partial charge in [0.05, 0.1) is 17.8 Å². The van der Waals surface area contributed by atoms with Gasteiger partial charge in [-0.25, -0.2) is 9.59 Å². The topological polar surface area (TPSA) is 155 Å². The number of carbonyl (C=O) groups excluding carboxylic acids is 2. The second kappa shape index (κ2) is 10.4. The number of nitrogens with two attached hydrogens (primary N) is 1. The fourth-order valence-electron chi connectivity index (χ4n) is 5.15. The number of aromatic nitrogens is 2. The number of carbonyl (C=O) groups is 3. The normalized spacial score (nSPS) is 17.9. The first kappa shape index (κ1) is 26.4. The van der Waals surface area contributed by atoms with Crippen LogP contribution in [0.25, 0.3) is 0 Å². The number of hydrogen-bond donors (Lipinski definition) is 4. The molecule has 0 saturated carbocycles. The highest BCUT2D eigenvalue weighted by Gasteiger charge is 2.47. The molecule has 3 heterocycles. The van der Waals surface area contributed by atoms with Crippen molar-refractivity contribution in [3.63, 3.8) is 0 Å². The molecular weight excluding hydrogens is 478 g/mol. The lowest BCUT2D eigenvalue weighted by Gasteiger charge is -2.37. The summed E-state index contributed by atoms with van der Waals surface area (Å²) in [6, 6.07) is 5.97. The molecule has 0 unspecified atom stereocenters. The van der Waals surface area contributed by atoms with Gasteiger partial charge in [0.2, 0.25) is 0 Å². The van der Waals surface area contributed by atoms with Crippen LogP contribution in [-0.2, 0) is 16.8 Å². The number of benzene rings is 1. The number of anilines is 2. The lowest BCUT2D eigenvalue weighted by atomic mass is 9.91. The molecular formula is C25H35N7O5. The summed E-state index contributed by atoms with van der Waals surface area (Å²) in [5.74, 6) is -0.0709. The summed E-state index contributed by atoms with van der Waals surface area (Å²) in [7, 11) is 3.93. The first-order valence-electron chi connectivity index (χ1n) is 12.3. The van der Waals surface area contributed by atoms with E-state index in [0.29, 0.717) is 42.3 Å². The smallest absolute Gasteiger partial charge is 0.432 e. The van der Waals surface area contributed by atoms with Crippen molar-refractivity contribution in [2.24, 2.45) is 5.92 Å². The Morgan fingerprint density at radius 1 is 1.22 bits per heavy atom. The molecule has 37 heavy (non-hydrogen) atoms. The lowest BCUT2D eigenvalue weighted by Crippen LogP contribution is -2.54. The van der Waals surface area contributed by atoms with Gasteiger partial charge in [0.1, 0.15) is 0 Å². The monoisotopic (exact) mass is 513 g/mol. The number of carboxylic acid groups (broad SMARTS) is 1. The van der Waals surface area contributed by atoms with Crippen molar-refractivity contribution in [3.8, 4) is 0 Å². The van der Waals surface area contributed by atoms with Gasteiger partial charge in [0.25, 0.3) is 5.91 Å². The molecule has 1 aromatic carbocycles. The molecule has 12 heteroatoms. The Kier molecular flexibility index (Phi) is 7.42. The molecule has 1 aromatic heterocycles. The van der Waals surface area contributed by atoms with E-state index in [1.165, 1.54) is 0 Å². The van der Waals surface area contributed by atoms with Crippen molar-refractivity contribution in [2.45, 2.75) is 44.8 Å².